The van der Waals surface area contributed by atoms with Gasteiger partial charge in [0.25, 0.3) is 0 Å². The van der Waals surface area contributed by atoms with Crippen LogP contribution in [0.4, 0.5) is 18.9 Å². The lowest BCUT2D eigenvalue weighted by Gasteiger charge is -2.31. The van der Waals surface area contributed by atoms with Crippen LogP contribution in [0.5, 0.6) is 0 Å². The summed E-state index contributed by atoms with van der Waals surface area (Å²) in [5.74, 6) is -5.22. The van der Waals surface area contributed by atoms with Crippen molar-refractivity contribution in [2.24, 2.45) is 23.2 Å². The number of rotatable bonds is 8. The van der Waals surface area contributed by atoms with E-state index in [9.17, 15) is 22.8 Å². The predicted octanol–water partition coefficient (Wildman–Crippen LogP) is 7.60. The third kappa shape index (κ3) is 6.89. The van der Waals surface area contributed by atoms with Crippen molar-refractivity contribution in [2.45, 2.75) is 64.8 Å². The lowest BCUT2D eigenvalue weighted by molar-refractivity contribution is -0.188. The Morgan fingerprint density at radius 3 is 2.30 bits per heavy atom. The highest BCUT2D eigenvalue weighted by atomic mass is 35.5. The van der Waals surface area contributed by atoms with E-state index in [4.69, 9.17) is 32.7 Å². The summed E-state index contributed by atoms with van der Waals surface area (Å²) in [6.07, 6.45) is 0.671. The molecule has 0 saturated heterocycles. The zero-order valence-corrected chi connectivity index (χ0v) is 22.9. The first-order valence-electron chi connectivity index (χ1n) is 12.1. The van der Waals surface area contributed by atoms with E-state index < -0.39 is 47.0 Å². The van der Waals surface area contributed by atoms with Crippen molar-refractivity contribution in [3.05, 3.63) is 52.0 Å². The minimum absolute atomic E-state index is 0.138. The van der Waals surface area contributed by atoms with E-state index in [1.165, 1.54) is 25.3 Å². The van der Waals surface area contributed by atoms with Crippen molar-refractivity contribution in [1.29, 1.82) is 0 Å². The second-order valence-electron chi connectivity index (χ2n) is 10.7. The maximum Gasteiger partial charge on any atom is 0.392 e. The van der Waals surface area contributed by atoms with Crippen molar-refractivity contribution in [3.63, 3.8) is 0 Å². The third-order valence-corrected chi connectivity index (χ3v) is 7.40. The molecule has 1 fully saturated rings. The van der Waals surface area contributed by atoms with Crippen LogP contribution in [0.2, 0.25) is 5.02 Å². The van der Waals surface area contributed by atoms with E-state index in [1.807, 2.05) is 0 Å². The Bertz CT molecular complexity index is 1090. The first-order chi connectivity index (χ1) is 17.1. The molecule has 0 bridgehead atoms. The number of hydrogen-bond donors (Lipinski definition) is 1. The zero-order valence-electron chi connectivity index (χ0n) is 21.4. The van der Waals surface area contributed by atoms with Crippen LogP contribution in [0.15, 0.2) is 41.5 Å². The zero-order chi connectivity index (χ0) is 27.8. The Morgan fingerprint density at radius 2 is 1.81 bits per heavy atom. The molecule has 2 unspecified atom stereocenters. The second kappa shape index (κ2) is 11.0. The lowest BCUT2D eigenvalue weighted by atomic mass is 9.78. The molecule has 1 saturated carbocycles. The molecule has 2 aliphatic carbocycles. The van der Waals surface area contributed by atoms with Gasteiger partial charge in [0.1, 0.15) is 5.60 Å². The Hall–Kier alpha value is -2.03. The van der Waals surface area contributed by atoms with Crippen LogP contribution in [0.1, 0.15) is 58.6 Å². The van der Waals surface area contributed by atoms with E-state index in [-0.39, 0.29) is 23.1 Å². The van der Waals surface area contributed by atoms with E-state index in [0.29, 0.717) is 23.4 Å². The van der Waals surface area contributed by atoms with Gasteiger partial charge in [-0.1, -0.05) is 48.3 Å². The molecule has 3 rings (SSSR count). The van der Waals surface area contributed by atoms with Crippen LogP contribution >= 0.6 is 23.2 Å². The summed E-state index contributed by atoms with van der Waals surface area (Å²) in [5, 5.41) is 3.16. The first-order valence-corrected chi connectivity index (χ1v) is 12.8. The fourth-order valence-corrected chi connectivity index (χ4v) is 4.99. The van der Waals surface area contributed by atoms with Gasteiger partial charge in [-0.25, -0.2) is 0 Å². The molecule has 4 atom stereocenters. The summed E-state index contributed by atoms with van der Waals surface area (Å²) in [6.45, 7) is 6.33. The smallest absolute Gasteiger partial charge is 0.392 e. The van der Waals surface area contributed by atoms with Gasteiger partial charge in [0, 0.05) is 12.1 Å². The molecule has 1 N–H and O–H groups in total. The maximum atomic E-state index is 13.7. The quantitative estimate of drug-likeness (QED) is 0.332. The Morgan fingerprint density at radius 1 is 1.16 bits per heavy atom. The molecule has 204 valence electrons. The highest BCUT2D eigenvalue weighted by Gasteiger charge is 2.59. The number of carbonyl (C=O) groups excluding carboxylic acids is 2. The summed E-state index contributed by atoms with van der Waals surface area (Å²) >= 11 is 12.3. The van der Waals surface area contributed by atoms with Crippen molar-refractivity contribution in [3.8, 4) is 0 Å². The van der Waals surface area contributed by atoms with Crippen LogP contribution < -0.4 is 5.32 Å². The Kier molecular flexibility index (Phi) is 8.77. The number of esters is 1. The maximum absolute atomic E-state index is 13.7. The molecule has 0 aliphatic heterocycles. The average molecular weight is 562 g/mol. The van der Waals surface area contributed by atoms with Crippen molar-refractivity contribution in [1.82, 2.24) is 0 Å². The van der Waals surface area contributed by atoms with Gasteiger partial charge >= 0.3 is 12.1 Å². The summed E-state index contributed by atoms with van der Waals surface area (Å²) in [5.41, 5.74) is -0.873. The molecular formula is C27H32Cl2F3NO4. The van der Waals surface area contributed by atoms with Gasteiger partial charge in [0.15, 0.2) is 0 Å². The number of hydrogen-bond acceptors (Lipinski definition) is 4. The molecular weight excluding hydrogens is 530 g/mol. The molecule has 5 nitrogen and oxygen atoms in total. The van der Waals surface area contributed by atoms with Gasteiger partial charge < -0.3 is 14.8 Å². The third-order valence-electron chi connectivity index (χ3n) is 6.79. The Labute approximate surface area is 225 Å². The van der Waals surface area contributed by atoms with E-state index in [2.05, 4.69) is 5.32 Å². The van der Waals surface area contributed by atoms with E-state index >= 15 is 0 Å². The number of anilines is 1. The number of methoxy groups -OCH3 is 1. The first kappa shape index (κ1) is 29.5. The van der Waals surface area contributed by atoms with Gasteiger partial charge in [-0.3, -0.25) is 9.59 Å². The largest absolute Gasteiger partial charge is 0.459 e. The van der Waals surface area contributed by atoms with Gasteiger partial charge in [-0.05, 0) is 69.7 Å². The predicted molar refractivity (Wildman–Crippen MR) is 137 cm³/mol. The van der Waals surface area contributed by atoms with Gasteiger partial charge in [-0.15, -0.1) is 0 Å². The van der Waals surface area contributed by atoms with Crippen LogP contribution in [0.25, 0.3) is 0 Å². The van der Waals surface area contributed by atoms with Crippen LogP contribution in [-0.4, -0.2) is 30.8 Å². The number of carbonyl (C=O) groups is 2. The standard InChI is InChI=1S/C27H32Cl2F3NO4/c1-15(27(30,31)32)21(16-6-9-18(28)10-7-16)23(34)33-20-14-17(8-11-19(20)29)22(36-5)26(12-13-26)24(35)37-25(2,3)4/h6,8-11,14-16,21-22H,7,12-13H2,1-5H3,(H,33,34)/t15-,16?,21+,22?/m1/s1. The molecule has 2 aliphatic rings. The fourth-order valence-electron chi connectivity index (χ4n) is 4.66. The van der Waals surface area contributed by atoms with Crippen molar-refractivity contribution < 1.29 is 32.2 Å². The molecule has 0 radical (unpaired) electrons. The molecule has 10 heteroatoms. The van der Waals surface area contributed by atoms with Gasteiger partial charge in [0.2, 0.25) is 5.91 Å². The highest BCUT2D eigenvalue weighted by Crippen LogP contribution is 2.58. The minimum atomic E-state index is -4.58. The number of amides is 1. The summed E-state index contributed by atoms with van der Waals surface area (Å²) in [6, 6.07) is 4.74. The fraction of sp³-hybridized carbons (Fsp3) is 0.556. The number of nitrogens with one attached hydrogen (secondary N) is 1. The van der Waals surface area contributed by atoms with Crippen LogP contribution in [-0.2, 0) is 19.1 Å². The van der Waals surface area contributed by atoms with Crippen molar-refractivity contribution >= 4 is 40.8 Å². The number of alkyl halides is 3. The highest BCUT2D eigenvalue weighted by molar-refractivity contribution is 6.33. The number of benzene rings is 1. The summed E-state index contributed by atoms with van der Waals surface area (Å²) < 4.78 is 52.5. The van der Waals surface area contributed by atoms with Crippen LogP contribution in [0.3, 0.4) is 0 Å². The molecule has 37 heavy (non-hydrogen) atoms. The lowest BCUT2D eigenvalue weighted by Crippen LogP contribution is -2.40. The van der Waals surface area contributed by atoms with Crippen molar-refractivity contribution in [2.75, 3.05) is 12.4 Å². The van der Waals surface area contributed by atoms with Gasteiger partial charge in [0.05, 0.1) is 34.1 Å². The summed E-state index contributed by atoms with van der Waals surface area (Å²) in [7, 11) is 1.47. The molecule has 1 amide bonds. The Balaban J connectivity index is 1.89. The normalized spacial score (nSPS) is 21.5. The number of ether oxygens (including phenoxy) is 2. The molecule has 1 aromatic carbocycles. The molecule has 1 aromatic rings. The average Bonchev–Trinajstić information content (AvgIpc) is 3.58. The molecule has 0 aromatic heterocycles. The van der Waals surface area contributed by atoms with E-state index in [0.717, 1.165) is 6.92 Å². The summed E-state index contributed by atoms with van der Waals surface area (Å²) in [4.78, 5) is 26.3. The van der Waals surface area contributed by atoms with Crippen LogP contribution in [0, 0.1) is 23.2 Å². The molecule has 0 spiro atoms. The SMILES string of the molecule is COC(c1ccc(Cl)c(NC(=O)[C@H](C2C=CC(Cl)=CC2)[C@@H](C)C(F)(F)F)c1)C1(C(=O)OC(C)(C)C)CC1. The second-order valence-corrected chi connectivity index (χ2v) is 11.5. The van der Waals surface area contributed by atoms with Gasteiger partial charge in [-0.2, -0.15) is 13.2 Å². The number of allylic oxidation sites excluding steroid dienone is 4. The topological polar surface area (TPSA) is 64.6 Å². The number of halogens is 5. The van der Waals surface area contributed by atoms with E-state index in [1.54, 1.807) is 39.0 Å². The molecule has 0 heterocycles. The monoisotopic (exact) mass is 561 g/mol. The minimum Gasteiger partial charge on any atom is -0.459 e.